The van der Waals surface area contributed by atoms with Gasteiger partial charge in [0.05, 0.1) is 86.6 Å². The summed E-state index contributed by atoms with van der Waals surface area (Å²) >= 11 is 0. The van der Waals surface area contributed by atoms with Gasteiger partial charge in [0, 0.05) is 39.8 Å². The Morgan fingerprint density at radius 3 is 1.05 bits per heavy atom. The summed E-state index contributed by atoms with van der Waals surface area (Å²) in [4.78, 5) is 0. The summed E-state index contributed by atoms with van der Waals surface area (Å²) in [6, 6.07) is 23.6. The molecule has 15 nitrogen and oxygen atoms in total. The van der Waals surface area contributed by atoms with E-state index in [0.29, 0.717) is 0 Å². The van der Waals surface area contributed by atoms with E-state index < -0.39 is 0 Å². The van der Waals surface area contributed by atoms with Crippen molar-refractivity contribution < 1.29 is 55.7 Å². The average Bonchev–Trinajstić information content (AvgIpc) is 3.83. The molecule has 0 unspecified atom stereocenters. The number of benzene rings is 3. The van der Waals surface area contributed by atoms with Crippen LogP contribution in [-0.4, -0.2) is 33.9 Å². The molecule has 0 spiro atoms. The first-order valence-electron chi connectivity index (χ1n) is 18.3. The molecule has 0 aliphatic carbocycles. The molecule has 6 aromatic rings. The first-order valence-corrected chi connectivity index (χ1v) is 18.3. The van der Waals surface area contributed by atoms with E-state index in [1.165, 1.54) is 12.8 Å². The Balaban J connectivity index is 0.000000490. The number of hydrogen-bond acceptors (Lipinski definition) is 9. The molecule has 0 saturated carbocycles. The third-order valence-corrected chi connectivity index (χ3v) is 8.77. The summed E-state index contributed by atoms with van der Waals surface area (Å²) in [5, 5.41) is 32.7. The third-order valence-electron chi connectivity index (χ3n) is 8.77. The van der Waals surface area contributed by atoms with Crippen molar-refractivity contribution in [3.63, 3.8) is 0 Å². The Labute approximate surface area is 359 Å². The molecule has 0 bridgehead atoms. The Hall–Kier alpha value is -5.64. The van der Waals surface area contributed by atoms with Crippen molar-refractivity contribution >= 4 is 46.3 Å². The number of nitrogens with zero attached hydrogens (tertiary/aromatic N) is 12. The van der Waals surface area contributed by atoms with Crippen LogP contribution in [0.25, 0.3) is 0 Å². The van der Waals surface area contributed by atoms with Crippen molar-refractivity contribution in [2.45, 2.75) is 25.7 Å². The monoisotopic (exact) mass is 850 g/mol. The van der Waals surface area contributed by atoms with Crippen molar-refractivity contribution in [1.29, 1.82) is 0 Å². The van der Waals surface area contributed by atoms with Crippen molar-refractivity contribution in [2.75, 3.05) is 30.8 Å². The van der Waals surface area contributed by atoms with Crippen LogP contribution in [0.1, 0.15) is 25.7 Å². The fourth-order valence-corrected chi connectivity index (χ4v) is 5.49. The summed E-state index contributed by atoms with van der Waals surface area (Å²) in [6.45, 7) is 1.93. The number of ether oxygens (including phenoxy) is 1. The van der Waals surface area contributed by atoms with Crippen molar-refractivity contribution in [2.24, 2.45) is 73.0 Å². The normalized spacial score (nSPS) is 10.8. The summed E-state index contributed by atoms with van der Waals surface area (Å²) < 4.78 is 16.7. The molecule has 18 heteroatoms. The molecule has 3 aromatic heterocycles. The molecular weight excluding hydrogens is 799 g/mol. The van der Waals surface area contributed by atoms with Gasteiger partial charge in [-0.1, -0.05) is 28.2 Å². The Morgan fingerprint density at radius 2 is 0.776 bits per heavy atom. The zero-order valence-electron chi connectivity index (χ0n) is 34.0. The molecule has 0 fully saturated rings. The number of hydrogen-bond donors (Lipinski definition) is 2. The van der Waals surface area contributed by atoms with Gasteiger partial charge in [0.1, 0.15) is 22.8 Å². The minimum atomic E-state index is 0. The van der Waals surface area contributed by atoms with E-state index in [4.69, 9.17) is 4.74 Å². The van der Waals surface area contributed by atoms with Crippen LogP contribution in [-0.2, 0) is 42.3 Å². The number of nitrogens with one attached hydrogen (secondary N) is 2. The van der Waals surface area contributed by atoms with E-state index in [9.17, 15) is 0 Å². The van der Waals surface area contributed by atoms with E-state index in [-0.39, 0.29) is 37.2 Å². The highest BCUT2D eigenvalue weighted by atomic mass is 35.5. The molecule has 3 aromatic carbocycles. The van der Waals surface area contributed by atoms with Crippen molar-refractivity contribution in [3.8, 4) is 5.75 Å². The summed E-state index contributed by atoms with van der Waals surface area (Å²) in [7, 11) is 13.3. The van der Waals surface area contributed by atoms with E-state index in [1.807, 2.05) is 155 Å². The van der Waals surface area contributed by atoms with Gasteiger partial charge >= 0.3 is 17.8 Å². The molecule has 0 radical (unpaired) electrons. The number of rotatable bonds is 16. The maximum Gasteiger partial charge on any atom is 0.421 e. The maximum absolute atomic E-state index is 5.08. The minimum absolute atomic E-state index is 0. The van der Waals surface area contributed by atoms with Crippen LogP contribution in [0.4, 0.5) is 46.3 Å². The lowest BCUT2D eigenvalue weighted by atomic mass is 10.2. The van der Waals surface area contributed by atoms with E-state index >= 15 is 0 Å². The summed E-state index contributed by atoms with van der Waals surface area (Å²) in [5.41, 5.74) is 4.69. The van der Waals surface area contributed by atoms with Crippen LogP contribution >= 0.6 is 0 Å². The Bertz CT molecular complexity index is 2010. The number of aromatic nitrogens is 6. The first-order chi connectivity index (χ1) is 26.7. The lowest BCUT2D eigenvalue weighted by Crippen LogP contribution is -3.00. The average molecular weight is 852 g/mol. The number of anilines is 2. The fraction of sp³-hybridized carbons (Fsp3) is 0.325. The number of unbranched alkanes of at least 4 members (excludes halogenated alkanes) is 3. The van der Waals surface area contributed by atoms with Gasteiger partial charge in [0.25, 0.3) is 0 Å². The topological polar surface area (TPSA) is 134 Å². The number of halogens is 3. The maximum atomic E-state index is 5.08. The Kier molecular flexibility index (Phi) is 20.8. The highest BCUT2D eigenvalue weighted by molar-refractivity contribution is 5.51. The second kappa shape index (κ2) is 24.9. The number of azo groups is 3. The van der Waals surface area contributed by atoms with Crippen LogP contribution in [0.2, 0.25) is 0 Å². The molecule has 58 heavy (non-hydrogen) atoms. The van der Waals surface area contributed by atoms with Gasteiger partial charge in [0.15, 0.2) is 0 Å². The zero-order chi connectivity index (χ0) is 39.0. The van der Waals surface area contributed by atoms with Gasteiger partial charge in [-0.05, 0) is 85.6 Å². The van der Waals surface area contributed by atoms with E-state index in [2.05, 4.69) is 65.6 Å². The van der Waals surface area contributed by atoms with Crippen LogP contribution in [0.3, 0.4) is 0 Å². The second-order valence-electron chi connectivity index (χ2n) is 13.1. The predicted octanol–water partition coefficient (Wildman–Crippen LogP) is -0.787. The van der Waals surface area contributed by atoms with Crippen molar-refractivity contribution in [1.82, 2.24) is 13.7 Å². The molecule has 0 atom stereocenters. The zero-order valence-corrected chi connectivity index (χ0v) is 36.3. The number of imidazole rings is 3. The Morgan fingerprint density at radius 1 is 0.466 bits per heavy atom. The standard InChI is InChI=1S/C28H36N10.C12H15N4O.3ClH/c1-35-19-20-36(2)27(35)33-31-25-13-9-23(10-14-25)29-17-7-5-6-8-18-30-24-11-15-26(16-12-24)32-34-28-37(3)21-22-38(28)4;1-15-8-9-16(2)12(15)14-13-10-4-6-11(17-3)7-5-10;;;/h9-16,19-22H,5-8,17-18H2,1-4H3;4-9H,1-3H3;3*1H/q;+1;;;/p-1. The number of methoxy groups -OCH3 is 1. The predicted molar refractivity (Wildman–Crippen MR) is 214 cm³/mol. The van der Waals surface area contributed by atoms with Gasteiger partial charge in [-0.25, -0.2) is 27.4 Å². The van der Waals surface area contributed by atoms with Gasteiger partial charge in [0.2, 0.25) is 0 Å². The largest absolute Gasteiger partial charge is 1.00 e. The SMILES string of the molecule is COc1ccc(N=Nc2n(C)cc[n+]2C)cc1.Cn1cc[n+](C)c1N=Nc1ccc(NCCCCCCNc2ccc(N=Nc3n(C)cc[n+]3C)cc2)cc1.[Cl-].[Cl-].[Cl-]. The third kappa shape index (κ3) is 14.7. The lowest BCUT2D eigenvalue weighted by molar-refractivity contribution is -0.657. The molecular formula is C40H53Cl3N14O. The molecule has 0 amide bonds. The van der Waals surface area contributed by atoms with Gasteiger partial charge in [-0.2, -0.15) is 0 Å². The van der Waals surface area contributed by atoms with Gasteiger partial charge in [-0.15, -0.1) is 0 Å². The van der Waals surface area contributed by atoms with Crippen LogP contribution in [0.5, 0.6) is 5.75 Å². The van der Waals surface area contributed by atoms with E-state index in [1.54, 1.807) is 7.11 Å². The summed E-state index contributed by atoms with van der Waals surface area (Å²) in [5.74, 6) is 3.21. The quantitative estimate of drug-likeness (QED) is 0.0753. The van der Waals surface area contributed by atoms with Gasteiger partial charge < -0.3 is 52.6 Å². The van der Waals surface area contributed by atoms with Crippen LogP contribution < -0.4 is 66.3 Å². The van der Waals surface area contributed by atoms with Gasteiger partial charge in [-0.3, -0.25) is 0 Å². The van der Waals surface area contributed by atoms with E-state index in [0.717, 1.165) is 78.0 Å². The fourth-order valence-electron chi connectivity index (χ4n) is 5.49. The highest BCUT2D eigenvalue weighted by Gasteiger charge is 2.12. The first kappa shape index (κ1) is 48.5. The van der Waals surface area contributed by atoms with Crippen LogP contribution in [0, 0.1) is 0 Å². The van der Waals surface area contributed by atoms with Crippen molar-refractivity contribution in [3.05, 3.63) is 110 Å². The molecule has 6 rings (SSSR count). The van der Waals surface area contributed by atoms with Crippen LogP contribution in [0.15, 0.2) is 141 Å². The second-order valence-corrected chi connectivity index (χ2v) is 13.1. The summed E-state index contributed by atoms with van der Waals surface area (Å²) in [6.07, 6.45) is 16.4. The molecule has 0 saturated heterocycles. The molecule has 3 heterocycles. The highest BCUT2D eigenvalue weighted by Crippen LogP contribution is 2.21. The smallest absolute Gasteiger partial charge is 0.421 e. The minimum Gasteiger partial charge on any atom is -1.00 e. The lowest BCUT2D eigenvalue weighted by Gasteiger charge is -2.08. The molecule has 2 N–H and O–H groups in total. The molecule has 0 aliphatic rings. The number of aryl methyl sites for hydroxylation is 6. The molecule has 310 valence electrons. The molecule has 0 aliphatic heterocycles.